The summed E-state index contributed by atoms with van der Waals surface area (Å²) in [6.07, 6.45) is 0.249. The Labute approximate surface area is 80.8 Å². The zero-order chi connectivity index (χ0) is 10.2. The minimum absolute atomic E-state index is 0.233. The highest BCUT2D eigenvalue weighted by Crippen LogP contribution is 2.36. The zero-order valence-electron chi connectivity index (χ0n) is 7.86. The van der Waals surface area contributed by atoms with Crippen LogP contribution in [0.25, 0.3) is 0 Å². The first-order chi connectivity index (χ1) is 6.52. The molecule has 1 aliphatic carbocycles. The van der Waals surface area contributed by atoms with E-state index in [1.54, 1.807) is 0 Å². The molecule has 1 atom stereocenters. The summed E-state index contributed by atoms with van der Waals surface area (Å²) in [7, 11) is 0. The summed E-state index contributed by atoms with van der Waals surface area (Å²) >= 11 is 0. The van der Waals surface area contributed by atoms with Gasteiger partial charge in [-0.3, -0.25) is 5.32 Å². The summed E-state index contributed by atoms with van der Waals surface area (Å²) in [6, 6.07) is -1.47. The molecule has 0 bridgehead atoms. The molecule has 1 saturated carbocycles. The third kappa shape index (κ3) is 1.88. The third-order valence-electron chi connectivity index (χ3n) is 3.02. The molecule has 2 aliphatic rings. The van der Waals surface area contributed by atoms with E-state index in [4.69, 9.17) is 4.74 Å². The van der Waals surface area contributed by atoms with E-state index in [2.05, 4.69) is 5.32 Å². The van der Waals surface area contributed by atoms with Gasteiger partial charge in [-0.1, -0.05) is 6.42 Å². The number of alkyl halides is 3. The average molecular weight is 209 g/mol. The Hall–Kier alpha value is -0.290. The van der Waals surface area contributed by atoms with Gasteiger partial charge in [0.2, 0.25) is 0 Å². The molecule has 0 radical (unpaired) electrons. The highest BCUT2D eigenvalue weighted by Gasteiger charge is 2.50. The van der Waals surface area contributed by atoms with Gasteiger partial charge in [0.15, 0.2) is 0 Å². The van der Waals surface area contributed by atoms with Gasteiger partial charge in [-0.2, -0.15) is 13.2 Å². The van der Waals surface area contributed by atoms with E-state index in [1.807, 2.05) is 0 Å². The standard InChI is InChI=1S/C9H14F3NO/c10-9(11,12)7-6-14-8(13-7)4-2-1-3-5-8/h7,13H,1-6H2. The molecule has 1 unspecified atom stereocenters. The van der Waals surface area contributed by atoms with Crippen molar-refractivity contribution in [3.8, 4) is 0 Å². The lowest BCUT2D eigenvalue weighted by Gasteiger charge is -2.33. The van der Waals surface area contributed by atoms with E-state index in [-0.39, 0.29) is 6.61 Å². The van der Waals surface area contributed by atoms with Gasteiger partial charge in [-0.25, -0.2) is 0 Å². The fraction of sp³-hybridized carbons (Fsp3) is 1.00. The molecule has 0 aromatic rings. The molecule has 0 amide bonds. The molecule has 0 aromatic carbocycles. The molecular formula is C9H14F3NO. The Balaban J connectivity index is 1.99. The first kappa shape index (κ1) is 10.2. The smallest absolute Gasteiger partial charge is 0.359 e. The second kappa shape index (κ2) is 3.38. The number of ether oxygens (including phenoxy) is 1. The van der Waals surface area contributed by atoms with Crippen molar-refractivity contribution < 1.29 is 17.9 Å². The lowest BCUT2D eigenvalue weighted by atomic mass is 9.92. The minimum atomic E-state index is -4.18. The van der Waals surface area contributed by atoms with Crippen LogP contribution in [0.1, 0.15) is 32.1 Å². The van der Waals surface area contributed by atoms with E-state index in [0.29, 0.717) is 12.8 Å². The predicted octanol–water partition coefficient (Wildman–Crippen LogP) is 2.20. The molecule has 1 aliphatic heterocycles. The fourth-order valence-electron chi connectivity index (χ4n) is 2.23. The normalized spacial score (nSPS) is 32.4. The average Bonchev–Trinajstić information content (AvgIpc) is 2.50. The van der Waals surface area contributed by atoms with Gasteiger partial charge < -0.3 is 4.74 Å². The topological polar surface area (TPSA) is 21.3 Å². The molecular weight excluding hydrogens is 195 g/mol. The van der Waals surface area contributed by atoms with Crippen molar-refractivity contribution in [1.29, 1.82) is 0 Å². The van der Waals surface area contributed by atoms with E-state index in [1.165, 1.54) is 0 Å². The molecule has 5 heteroatoms. The summed E-state index contributed by atoms with van der Waals surface area (Å²) in [6.45, 7) is -0.233. The van der Waals surface area contributed by atoms with Crippen molar-refractivity contribution in [2.75, 3.05) is 6.61 Å². The Morgan fingerprint density at radius 3 is 2.29 bits per heavy atom. The minimum Gasteiger partial charge on any atom is -0.359 e. The van der Waals surface area contributed by atoms with Crippen LogP contribution in [-0.4, -0.2) is 24.6 Å². The van der Waals surface area contributed by atoms with Crippen LogP contribution in [0.2, 0.25) is 0 Å². The highest BCUT2D eigenvalue weighted by molar-refractivity contribution is 4.93. The maximum atomic E-state index is 12.4. The molecule has 1 spiro atoms. The van der Waals surface area contributed by atoms with Crippen molar-refractivity contribution in [1.82, 2.24) is 5.32 Å². The Bertz CT molecular complexity index is 211. The van der Waals surface area contributed by atoms with Crippen LogP contribution in [0.4, 0.5) is 13.2 Å². The molecule has 1 heterocycles. The molecule has 2 nitrogen and oxygen atoms in total. The van der Waals surface area contributed by atoms with Crippen molar-refractivity contribution in [3.05, 3.63) is 0 Å². The SMILES string of the molecule is FC(F)(F)C1COC2(CCCCC2)N1. The van der Waals surface area contributed by atoms with E-state index in [9.17, 15) is 13.2 Å². The van der Waals surface area contributed by atoms with Crippen molar-refractivity contribution in [2.24, 2.45) is 0 Å². The van der Waals surface area contributed by atoms with Crippen LogP contribution in [0.3, 0.4) is 0 Å². The molecule has 14 heavy (non-hydrogen) atoms. The first-order valence-electron chi connectivity index (χ1n) is 5.00. The summed E-state index contributed by atoms with van der Waals surface area (Å²) < 4.78 is 42.4. The molecule has 0 aromatic heterocycles. The summed E-state index contributed by atoms with van der Waals surface area (Å²) in [5.41, 5.74) is -0.668. The van der Waals surface area contributed by atoms with Gasteiger partial charge in [0.05, 0.1) is 6.61 Å². The van der Waals surface area contributed by atoms with Gasteiger partial charge in [-0.15, -0.1) is 0 Å². The summed E-state index contributed by atoms with van der Waals surface area (Å²) in [4.78, 5) is 0. The number of rotatable bonds is 0. The van der Waals surface area contributed by atoms with Crippen LogP contribution in [0, 0.1) is 0 Å². The van der Waals surface area contributed by atoms with Crippen molar-refractivity contribution in [3.63, 3.8) is 0 Å². The third-order valence-corrected chi connectivity index (χ3v) is 3.02. The summed E-state index contributed by atoms with van der Waals surface area (Å²) in [5, 5.41) is 2.60. The molecule has 2 rings (SSSR count). The highest BCUT2D eigenvalue weighted by atomic mass is 19.4. The van der Waals surface area contributed by atoms with Crippen LogP contribution in [0.15, 0.2) is 0 Å². The Morgan fingerprint density at radius 1 is 1.14 bits per heavy atom. The monoisotopic (exact) mass is 209 g/mol. The molecule has 1 saturated heterocycles. The number of nitrogens with one attached hydrogen (secondary N) is 1. The zero-order valence-corrected chi connectivity index (χ0v) is 7.86. The van der Waals surface area contributed by atoms with Crippen LogP contribution in [0.5, 0.6) is 0 Å². The second-order valence-electron chi connectivity index (χ2n) is 4.10. The largest absolute Gasteiger partial charge is 0.406 e. The van der Waals surface area contributed by atoms with Gasteiger partial charge >= 0.3 is 6.18 Å². The van der Waals surface area contributed by atoms with E-state index in [0.717, 1.165) is 19.3 Å². The van der Waals surface area contributed by atoms with Gasteiger partial charge in [-0.05, 0) is 25.7 Å². The lowest BCUT2D eigenvalue weighted by Crippen LogP contribution is -2.50. The maximum absolute atomic E-state index is 12.4. The van der Waals surface area contributed by atoms with Gasteiger partial charge in [0.25, 0.3) is 0 Å². The van der Waals surface area contributed by atoms with E-state index >= 15 is 0 Å². The Kier molecular flexibility index (Phi) is 2.47. The number of halogens is 3. The summed E-state index contributed by atoms with van der Waals surface area (Å²) in [5.74, 6) is 0. The second-order valence-corrected chi connectivity index (χ2v) is 4.10. The first-order valence-corrected chi connectivity index (χ1v) is 5.00. The van der Waals surface area contributed by atoms with Gasteiger partial charge in [0.1, 0.15) is 11.8 Å². The predicted molar refractivity (Wildman–Crippen MR) is 44.7 cm³/mol. The molecule has 2 fully saturated rings. The maximum Gasteiger partial charge on any atom is 0.406 e. The van der Waals surface area contributed by atoms with Crippen LogP contribution in [-0.2, 0) is 4.74 Å². The fourth-order valence-corrected chi connectivity index (χ4v) is 2.23. The van der Waals surface area contributed by atoms with E-state index < -0.39 is 17.9 Å². The van der Waals surface area contributed by atoms with Crippen molar-refractivity contribution in [2.45, 2.75) is 50.0 Å². The van der Waals surface area contributed by atoms with Gasteiger partial charge in [0, 0.05) is 0 Å². The van der Waals surface area contributed by atoms with Crippen molar-refractivity contribution >= 4 is 0 Å². The lowest BCUT2D eigenvalue weighted by molar-refractivity contribution is -0.152. The quantitative estimate of drug-likeness (QED) is 0.660. The Morgan fingerprint density at radius 2 is 1.79 bits per heavy atom. The van der Waals surface area contributed by atoms with Crippen LogP contribution < -0.4 is 5.32 Å². The number of hydrogen-bond donors (Lipinski definition) is 1. The van der Waals surface area contributed by atoms with Crippen LogP contribution >= 0.6 is 0 Å². The molecule has 1 N–H and O–H groups in total. The number of hydrogen-bond acceptors (Lipinski definition) is 2. The molecule has 82 valence electrons.